The molecule has 2 bridgehead atoms. The Morgan fingerprint density at radius 1 is 1.21 bits per heavy atom. The van der Waals surface area contributed by atoms with Crippen LogP contribution >= 0.6 is 15.9 Å². The second-order valence-corrected chi connectivity index (χ2v) is 7.09. The predicted molar refractivity (Wildman–Crippen MR) is 84.0 cm³/mol. The number of nitrogens with one attached hydrogen (secondary N) is 1. The highest BCUT2D eigenvalue weighted by molar-refractivity contribution is 9.10. The molecule has 2 heteroatoms. The molecule has 1 nitrogen and oxygen atoms in total. The third kappa shape index (κ3) is 2.80. The lowest BCUT2D eigenvalue weighted by Crippen LogP contribution is -2.37. The second kappa shape index (κ2) is 5.41. The molecule has 0 spiro atoms. The van der Waals surface area contributed by atoms with Gasteiger partial charge in [0.15, 0.2) is 0 Å². The van der Waals surface area contributed by atoms with E-state index in [0.29, 0.717) is 12.1 Å². The number of rotatable bonds is 4. The zero-order valence-corrected chi connectivity index (χ0v) is 13.2. The van der Waals surface area contributed by atoms with Crippen molar-refractivity contribution in [1.82, 2.24) is 5.32 Å². The first-order chi connectivity index (χ1) is 9.13. The highest BCUT2D eigenvalue weighted by Crippen LogP contribution is 2.45. The van der Waals surface area contributed by atoms with E-state index < -0.39 is 0 Å². The van der Waals surface area contributed by atoms with Crippen molar-refractivity contribution in [2.75, 3.05) is 0 Å². The van der Waals surface area contributed by atoms with Crippen LogP contribution in [-0.2, 0) is 0 Å². The van der Waals surface area contributed by atoms with Crippen molar-refractivity contribution in [1.29, 1.82) is 0 Å². The van der Waals surface area contributed by atoms with E-state index in [1.54, 1.807) is 0 Å². The van der Waals surface area contributed by atoms with E-state index in [1.165, 1.54) is 18.4 Å². The molecule has 0 aliphatic heterocycles. The number of halogens is 1. The lowest BCUT2D eigenvalue weighted by atomic mass is 9.87. The molecule has 5 atom stereocenters. The lowest BCUT2D eigenvalue weighted by molar-refractivity contribution is 0.307. The molecule has 2 aliphatic rings. The van der Waals surface area contributed by atoms with E-state index >= 15 is 0 Å². The quantitative estimate of drug-likeness (QED) is 0.793. The average Bonchev–Trinajstić information content (AvgIpc) is 3.00. The Kier molecular flexibility index (Phi) is 3.81. The Hall–Kier alpha value is -0.600. The Balaban J connectivity index is 1.63. The van der Waals surface area contributed by atoms with Crippen molar-refractivity contribution >= 4 is 15.9 Å². The summed E-state index contributed by atoms with van der Waals surface area (Å²) in [7, 11) is 0. The number of hydrogen-bond acceptors (Lipinski definition) is 1. The van der Waals surface area contributed by atoms with Crippen LogP contribution in [0.25, 0.3) is 0 Å². The van der Waals surface area contributed by atoms with Crippen LogP contribution < -0.4 is 5.32 Å². The maximum atomic E-state index is 3.80. The SMILES string of the molecule is CC(N[C@@H](C)c1cccc(Br)c1)C1CC2C=CC1C2. The molecule has 1 saturated carbocycles. The van der Waals surface area contributed by atoms with Crippen molar-refractivity contribution in [3.8, 4) is 0 Å². The van der Waals surface area contributed by atoms with Gasteiger partial charge in [-0.1, -0.05) is 40.2 Å². The smallest absolute Gasteiger partial charge is 0.0294 e. The van der Waals surface area contributed by atoms with E-state index in [4.69, 9.17) is 0 Å². The van der Waals surface area contributed by atoms with Crippen molar-refractivity contribution < 1.29 is 0 Å². The van der Waals surface area contributed by atoms with E-state index in [1.807, 2.05) is 0 Å². The maximum absolute atomic E-state index is 3.80. The van der Waals surface area contributed by atoms with Gasteiger partial charge in [0.05, 0.1) is 0 Å². The average molecular weight is 320 g/mol. The molecule has 1 fully saturated rings. The van der Waals surface area contributed by atoms with Gasteiger partial charge in [-0.3, -0.25) is 0 Å². The number of benzene rings is 1. The molecular weight excluding hydrogens is 298 g/mol. The topological polar surface area (TPSA) is 12.0 Å². The number of fused-ring (bicyclic) bond motifs is 2. The molecule has 0 saturated heterocycles. The minimum Gasteiger partial charge on any atom is -0.307 e. The third-order valence-corrected chi connectivity index (χ3v) is 5.33. The number of hydrogen-bond donors (Lipinski definition) is 1. The van der Waals surface area contributed by atoms with Gasteiger partial charge in [0.25, 0.3) is 0 Å². The summed E-state index contributed by atoms with van der Waals surface area (Å²) in [4.78, 5) is 0. The first-order valence-corrected chi connectivity index (χ1v) is 8.12. The second-order valence-electron chi connectivity index (χ2n) is 6.18. The van der Waals surface area contributed by atoms with Gasteiger partial charge in [-0.2, -0.15) is 0 Å². The van der Waals surface area contributed by atoms with E-state index in [9.17, 15) is 0 Å². The summed E-state index contributed by atoms with van der Waals surface area (Å²) in [5.41, 5.74) is 1.36. The minimum atomic E-state index is 0.413. The summed E-state index contributed by atoms with van der Waals surface area (Å²) >= 11 is 3.55. The van der Waals surface area contributed by atoms with Gasteiger partial charge in [0.2, 0.25) is 0 Å². The normalized spacial score (nSPS) is 31.6. The van der Waals surface area contributed by atoms with Crippen LogP contribution in [0.4, 0.5) is 0 Å². The fraction of sp³-hybridized carbons (Fsp3) is 0.529. The van der Waals surface area contributed by atoms with Crippen molar-refractivity contribution in [2.45, 2.75) is 38.8 Å². The van der Waals surface area contributed by atoms with Crippen molar-refractivity contribution in [3.63, 3.8) is 0 Å². The maximum Gasteiger partial charge on any atom is 0.0294 e. The fourth-order valence-corrected chi connectivity index (χ4v) is 4.21. The minimum absolute atomic E-state index is 0.413. The monoisotopic (exact) mass is 319 g/mol. The van der Waals surface area contributed by atoms with Crippen LogP contribution in [0.2, 0.25) is 0 Å². The summed E-state index contributed by atoms with van der Waals surface area (Å²) in [6.07, 6.45) is 7.63. The Morgan fingerprint density at radius 3 is 2.68 bits per heavy atom. The first kappa shape index (κ1) is 13.4. The van der Waals surface area contributed by atoms with Gasteiger partial charge >= 0.3 is 0 Å². The Labute approximate surface area is 124 Å². The van der Waals surface area contributed by atoms with Crippen LogP contribution in [0, 0.1) is 17.8 Å². The summed E-state index contributed by atoms with van der Waals surface area (Å²) < 4.78 is 1.16. The molecule has 102 valence electrons. The van der Waals surface area contributed by atoms with Gasteiger partial charge in [-0.15, -0.1) is 0 Å². The van der Waals surface area contributed by atoms with E-state index in [0.717, 1.165) is 22.2 Å². The third-order valence-electron chi connectivity index (χ3n) is 4.83. The molecule has 0 aromatic heterocycles. The highest BCUT2D eigenvalue weighted by atomic mass is 79.9. The molecule has 0 radical (unpaired) electrons. The van der Waals surface area contributed by atoms with Gasteiger partial charge in [-0.25, -0.2) is 0 Å². The van der Waals surface area contributed by atoms with Gasteiger partial charge in [0, 0.05) is 16.6 Å². The molecular formula is C17H22BrN. The summed E-state index contributed by atoms with van der Waals surface area (Å²) in [5.74, 6) is 2.51. The summed E-state index contributed by atoms with van der Waals surface area (Å²) in [5, 5.41) is 3.80. The molecule has 1 N–H and O–H groups in total. The van der Waals surface area contributed by atoms with Crippen molar-refractivity contribution in [3.05, 3.63) is 46.5 Å². The van der Waals surface area contributed by atoms with Crippen LogP contribution in [0.3, 0.4) is 0 Å². The molecule has 0 heterocycles. The molecule has 2 aliphatic carbocycles. The lowest BCUT2D eigenvalue weighted by Gasteiger charge is -2.29. The standard InChI is InChI=1S/C17H22BrN/c1-11(14-4-3-5-16(18)10-14)19-12(2)17-9-13-6-7-15(17)8-13/h3-7,10-13,15,17,19H,8-9H2,1-2H3/t11-,12?,13?,15?,17?/m0/s1. The van der Waals surface area contributed by atoms with Crippen LogP contribution in [0.5, 0.6) is 0 Å². The molecule has 3 rings (SSSR count). The highest BCUT2D eigenvalue weighted by Gasteiger charge is 2.38. The van der Waals surface area contributed by atoms with E-state index in [-0.39, 0.29) is 0 Å². The van der Waals surface area contributed by atoms with Crippen molar-refractivity contribution in [2.24, 2.45) is 17.8 Å². The molecule has 19 heavy (non-hydrogen) atoms. The zero-order valence-electron chi connectivity index (χ0n) is 11.6. The zero-order chi connectivity index (χ0) is 13.4. The summed E-state index contributed by atoms with van der Waals surface area (Å²) in [6, 6.07) is 9.62. The molecule has 1 aromatic rings. The molecule has 4 unspecified atom stereocenters. The van der Waals surface area contributed by atoms with Gasteiger partial charge < -0.3 is 5.32 Å². The molecule has 1 aromatic carbocycles. The molecule has 0 amide bonds. The number of allylic oxidation sites excluding steroid dienone is 2. The first-order valence-electron chi connectivity index (χ1n) is 7.33. The van der Waals surface area contributed by atoms with Gasteiger partial charge in [-0.05, 0) is 62.1 Å². The van der Waals surface area contributed by atoms with E-state index in [2.05, 4.69) is 71.5 Å². The van der Waals surface area contributed by atoms with Crippen LogP contribution in [-0.4, -0.2) is 6.04 Å². The van der Waals surface area contributed by atoms with Gasteiger partial charge in [0.1, 0.15) is 0 Å². The van der Waals surface area contributed by atoms with Crippen LogP contribution in [0.15, 0.2) is 40.9 Å². The van der Waals surface area contributed by atoms with Crippen LogP contribution in [0.1, 0.15) is 38.3 Å². The largest absolute Gasteiger partial charge is 0.307 e. The predicted octanol–water partition coefficient (Wildman–Crippen LogP) is 4.70. The summed E-state index contributed by atoms with van der Waals surface area (Å²) in [6.45, 7) is 4.62. The fourth-order valence-electron chi connectivity index (χ4n) is 3.79. The Morgan fingerprint density at radius 2 is 2.05 bits per heavy atom. The Bertz CT molecular complexity index is 482.